The van der Waals surface area contributed by atoms with Gasteiger partial charge in [-0.25, -0.2) is 0 Å². The van der Waals surface area contributed by atoms with Gasteiger partial charge >= 0.3 is 11.9 Å². The van der Waals surface area contributed by atoms with Crippen LogP contribution >= 0.6 is 0 Å². The van der Waals surface area contributed by atoms with E-state index < -0.39 is 17.3 Å². The summed E-state index contributed by atoms with van der Waals surface area (Å²) in [6.07, 6.45) is 35.5. The van der Waals surface area contributed by atoms with Gasteiger partial charge in [0.15, 0.2) is 0 Å². The lowest BCUT2D eigenvalue weighted by atomic mass is 9.71. The van der Waals surface area contributed by atoms with Gasteiger partial charge in [0, 0.05) is 0 Å². The van der Waals surface area contributed by atoms with Crippen molar-refractivity contribution in [2.24, 2.45) is 11.3 Å². The zero-order chi connectivity index (χ0) is 29.3. The minimum absolute atomic E-state index is 0.0910. The van der Waals surface area contributed by atoms with Crippen LogP contribution in [0.3, 0.4) is 0 Å². The summed E-state index contributed by atoms with van der Waals surface area (Å²) in [6.45, 7) is 6.28. The van der Waals surface area contributed by atoms with Crippen LogP contribution in [0.1, 0.15) is 188 Å². The first-order valence-electron chi connectivity index (χ1n) is 17.6. The van der Waals surface area contributed by atoms with Crippen LogP contribution in [-0.2, 0) is 14.3 Å². The minimum atomic E-state index is -1.06. The molecule has 0 saturated heterocycles. The first-order chi connectivity index (χ1) is 19.5. The molecule has 1 aliphatic rings. The van der Waals surface area contributed by atoms with Crippen LogP contribution in [0.25, 0.3) is 0 Å². The Morgan fingerprint density at radius 1 is 0.700 bits per heavy atom. The number of carboxylic acids is 1. The molecule has 0 spiro atoms. The second kappa shape index (κ2) is 24.3. The van der Waals surface area contributed by atoms with E-state index in [1.54, 1.807) is 13.0 Å². The summed E-state index contributed by atoms with van der Waals surface area (Å²) in [5, 5.41) is 9.73. The number of hydrogen-bond donors (Lipinski definition) is 1. The van der Waals surface area contributed by atoms with E-state index in [9.17, 15) is 14.7 Å². The molecule has 234 valence electrons. The number of unbranched alkanes of at least 4 members (excludes halogenated alkanes) is 20. The molecule has 40 heavy (non-hydrogen) atoms. The Hall–Kier alpha value is -1.32. The summed E-state index contributed by atoms with van der Waals surface area (Å²) in [5.74, 6) is -1.94. The van der Waals surface area contributed by atoms with Gasteiger partial charge in [-0.2, -0.15) is 0 Å². The molecule has 0 aliphatic heterocycles. The SMILES string of the molecule is CCCCCCCCCCCCCCCCCC(CCCCCCCCC)OC(=O)C1(C)C=CCCC1C(=O)O. The van der Waals surface area contributed by atoms with Crippen molar-refractivity contribution in [3.05, 3.63) is 12.2 Å². The second-order valence-electron chi connectivity index (χ2n) is 12.8. The van der Waals surface area contributed by atoms with Gasteiger partial charge in [0.2, 0.25) is 0 Å². The third-order valence-corrected chi connectivity index (χ3v) is 9.08. The maximum absolute atomic E-state index is 13.3. The maximum atomic E-state index is 13.3. The molecule has 0 radical (unpaired) electrons. The van der Waals surface area contributed by atoms with Gasteiger partial charge in [-0.1, -0.05) is 154 Å². The number of carboxylic acid groups (broad SMARTS) is 1. The first kappa shape index (κ1) is 36.7. The van der Waals surface area contributed by atoms with Crippen LogP contribution in [0.15, 0.2) is 12.2 Å². The van der Waals surface area contributed by atoms with Gasteiger partial charge < -0.3 is 9.84 Å². The fraction of sp³-hybridized carbons (Fsp3) is 0.889. The molecule has 0 saturated carbocycles. The Balaban J connectivity index is 2.32. The average molecular weight is 563 g/mol. The van der Waals surface area contributed by atoms with E-state index in [-0.39, 0.29) is 12.1 Å². The van der Waals surface area contributed by atoms with Gasteiger partial charge in [-0.3, -0.25) is 9.59 Å². The molecule has 0 aromatic rings. The number of aliphatic carboxylic acids is 1. The summed E-state index contributed by atoms with van der Waals surface area (Å²) in [4.78, 5) is 25.1. The van der Waals surface area contributed by atoms with E-state index in [4.69, 9.17) is 4.74 Å². The number of ether oxygens (including phenoxy) is 1. The van der Waals surface area contributed by atoms with Crippen LogP contribution in [-0.4, -0.2) is 23.1 Å². The molecule has 1 rings (SSSR count). The zero-order valence-electron chi connectivity index (χ0n) is 26.9. The van der Waals surface area contributed by atoms with E-state index >= 15 is 0 Å². The Labute approximate surface area is 248 Å². The predicted octanol–water partition coefficient (Wildman–Crippen LogP) is 11.4. The fourth-order valence-corrected chi connectivity index (χ4v) is 6.21. The van der Waals surface area contributed by atoms with E-state index in [0.29, 0.717) is 12.8 Å². The number of carbonyl (C=O) groups is 2. The molecular weight excluding hydrogens is 496 g/mol. The highest BCUT2D eigenvalue weighted by Gasteiger charge is 2.46. The molecule has 0 aromatic carbocycles. The quantitative estimate of drug-likeness (QED) is 0.0614. The number of rotatable bonds is 27. The minimum Gasteiger partial charge on any atom is -0.481 e. The number of esters is 1. The van der Waals surface area contributed by atoms with E-state index in [0.717, 1.165) is 25.7 Å². The smallest absolute Gasteiger partial charge is 0.316 e. The molecule has 0 amide bonds. The Kier molecular flexibility index (Phi) is 22.3. The molecule has 4 nitrogen and oxygen atoms in total. The molecule has 0 bridgehead atoms. The lowest BCUT2D eigenvalue weighted by molar-refractivity contribution is -0.168. The molecule has 0 fully saturated rings. The standard InChI is InChI=1S/C36H66O4/c1-4-6-8-10-12-13-14-15-16-17-18-19-21-23-25-29-32(28-24-22-20-11-9-7-5-2)40-35(39)36(3)31-27-26-30-33(36)34(37)38/h27,31-33H,4-26,28-30H2,1-3H3,(H,37,38). The normalized spacial score (nSPS) is 19.5. The maximum Gasteiger partial charge on any atom is 0.316 e. The van der Waals surface area contributed by atoms with Crippen molar-refractivity contribution in [3.63, 3.8) is 0 Å². The molecule has 3 atom stereocenters. The highest BCUT2D eigenvalue weighted by atomic mass is 16.5. The highest BCUT2D eigenvalue weighted by Crippen LogP contribution is 2.38. The third kappa shape index (κ3) is 16.8. The predicted molar refractivity (Wildman–Crippen MR) is 170 cm³/mol. The molecule has 0 heterocycles. The van der Waals surface area contributed by atoms with E-state index in [1.165, 1.54) is 128 Å². The van der Waals surface area contributed by atoms with Crippen LogP contribution in [0.2, 0.25) is 0 Å². The molecule has 0 aromatic heterocycles. The fourth-order valence-electron chi connectivity index (χ4n) is 6.21. The van der Waals surface area contributed by atoms with Gasteiger partial charge in [0.05, 0.1) is 11.3 Å². The zero-order valence-corrected chi connectivity index (χ0v) is 26.9. The monoisotopic (exact) mass is 562 g/mol. The number of hydrogen-bond acceptors (Lipinski definition) is 3. The largest absolute Gasteiger partial charge is 0.481 e. The Bertz CT molecular complexity index is 657. The van der Waals surface area contributed by atoms with Crippen molar-refractivity contribution in [2.45, 2.75) is 194 Å². The van der Waals surface area contributed by atoms with Gasteiger partial charge in [0.25, 0.3) is 0 Å². The topological polar surface area (TPSA) is 63.6 Å². The van der Waals surface area contributed by atoms with Crippen molar-refractivity contribution < 1.29 is 19.4 Å². The summed E-state index contributed by atoms with van der Waals surface area (Å²) in [5.41, 5.74) is -1.06. The van der Waals surface area contributed by atoms with Gasteiger partial charge in [-0.15, -0.1) is 0 Å². The molecule has 1 aliphatic carbocycles. The van der Waals surface area contributed by atoms with Crippen LogP contribution in [0.4, 0.5) is 0 Å². The van der Waals surface area contributed by atoms with Crippen LogP contribution in [0, 0.1) is 11.3 Å². The number of allylic oxidation sites excluding steroid dienone is 1. The van der Waals surface area contributed by atoms with Crippen molar-refractivity contribution in [3.8, 4) is 0 Å². The second-order valence-corrected chi connectivity index (χ2v) is 12.8. The van der Waals surface area contributed by atoms with Crippen molar-refractivity contribution in [2.75, 3.05) is 0 Å². The van der Waals surface area contributed by atoms with Crippen LogP contribution < -0.4 is 0 Å². The number of carbonyl (C=O) groups excluding carboxylic acids is 1. The molecule has 4 heteroatoms. The average Bonchev–Trinajstić information content (AvgIpc) is 2.94. The summed E-state index contributed by atoms with van der Waals surface area (Å²) in [6, 6.07) is 0. The van der Waals surface area contributed by atoms with Crippen molar-refractivity contribution in [1.82, 2.24) is 0 Å². The van der Waals surface area contributed by atoms with Gasteiger partial charge in [-0.05, 0) is 45.4 Å². The van der Waals surface area contributed by atoms with Gasteiger partial charge in [0.1, 0.15) is 6.10 Å². The summed E-state index contributed by atoms with van der Waals surface area (Å²) >= 11 is 0. The Morgan fingerprint density at radius 3 is 1.45 bits per heavy atom. The third-order valence-electron chi connectivity index (χ3n) is 9.08. The lowest BCUT2D eigenvalue weighted by Gasteiger charge is -2.34. The highest BCUT2D eigenvalue weighted by molar-refractivity contribution is 5.86. The van der Waals surface area contributed by atoms with Crippen molar-refractivity contribution in [1.29, 1.82) is 0 Å². The van der Waals surface area contributed by atoms with Crippen LogP contribution in [0.5, 0.6) is 0 Å². The lowest BCUT2D eigenvalue weighted by Crippen LogP contribution is -2.42. The van der Waals surface area contributed by atoms with E-state index in [2.05, 4.69) is 13.8 Å². The summed E-state index contributed by atoms with van der Waals surface area (Å²) in [7, 11) is 0. The molecule has 1 N–H and O–H groups in total. The molecular formula is C36H66O4. The first-order valence-corrected chi connectivity index (χ1v) is 17.6. The van der Waals surface area contributed by atoms with Crippen molar-refractivity contribution >= 4 is 11.9 Å². The van der Waals surface area contributed by atoms with E-state index in [1.807, 2.05) is 6.08 Å². The molecule has 3 unspecified atom stereocenters. The Morgan fingerprint density at radius 2 is 1.07 bits per heavy atom. The summed E-state index contributed by atoms with van der Waals surface area (Å²) < 4.78 is 6.08.